The fourth-order valence-corrected chi connectivity index (χ4v) is 10.5. The van der Waals surface area contributed by atoms with Crippen LogP contribution in [0.15, 0.2) is 91.6 Å². The van der Waals surface area contributed by atoms with Crippen molar-refractivity contribution in [1.29, 1.82) is 5.26 Å². The number of pyridine rings is 1. The molecule has 2 aromatic carbocycles. The van der Waals surface area contributed by atoms with Crippen LogP contribution in [-0.2, 0) is 19.2 Å². The largest absolute Gasteiger partial charge is 0.389 e. The number of benzene rings is 2. The molecule has 4 aliphatic rings. The molecule has 0 aliphatic carbocycles. The monoisotopic (exact) mass is 961 g/mol. The molecule has 4 amide bonds. The van der Waals surface area contributed by atoms with E-state index in [2.05, 4.69) is 38.9 Å². The number of fused-ring (bicyclic) bond motifs is 1. The normalized spacial score (nSPS) is 19.3. The van der Waals surface area contributed by atoms with Crippen LogP contribution < -0.4 is 25.8 Å². The molecule has 19 heteroatoms. The summed E-state index contributed by atoms with van der Waals surface area (Å²) in [6.07, 6.45) is 13.4. The molecule has 0 spiro atoms. The average molecular weight is 962 g/mol. The number of aliphatic hydroxyl groups is 1. The van der Waals surface area contributed by atoms with Crippen LogP contribution in [0.5, 0.6) is 0 Å². The predicted molar refractivity (Wildman–Crippen MR) is 263 cm³/mol. The standard InChI is InChI=1S/C52H56FN13O5/c1-2-51(50(70)59-37-6-4-3-5-7-37)16-22-63(23-17-51)44-12-8-34(29-55-44)47-48-35(28-54)30-57-66(48)33-42(60-47)36-31-56-65(32-36)39-14-20-64(21-15-39)46(68)27-52(71)18-24-62(25-19-52)43-11-9-38(26-40(43)53)58-41-10-13-45(67)61-49(41)69/h3-9,11-12,26,29-33,39,41,58,71H,2,10,13-25,27H2,1H3,(H,59,70)(H,61,67,69). The number of nitrogens with one attached hydrogen (secondary N) is 3. The number of nitrogens with zero attached hydrogens (tertiary/aromatic N) is 10. The molecule has 4 aliphatic heterocycles. The summed E-state index contributed by atoms with van der Waals surface area (Å²) in [5.41, 5.74) is 3.57. The first-order chi connectivity index (χ1) is 34.4. The maximum absolute atomic E-state index is 15.3. The number of nitriles is 1. The van der Waals surface area contributed by atoms with Crippen molar-refractivity contribution in [3.8, 4) is 28.6 Å². The number of rotatable bonds is 12. The summed E-state index contributed by atoms with van der Waals surface area (Å²) in [6.45, 7) is 5.20. The number of halogens is 1. The Hall–Kier alpha value is -7.72. The molecule has 366 valence electrons. The second-order valence-electron chi connectivity index (χ2n) is 19.3. The third kappa shape index (κ3) is 9.76. The van der Waals surface area contributed by atoms with Gasteiger partial charge < -0.3 is 30.4 Å². The number of carbonyl (C=O) groups excluding carboxylic acids is 4. The highest BCUT2D eigenvalue weighted by molar-refractivity contribution is 6.01. The molecule has 6 aromatic rings. The minimum atomic E-state index is -1.21. The molecule has 0 bridgehead atoms. The van der Waals surface area contributed by atoms with Crippen LogP contribution in [-0.4, -0.2) is 114 Å². The Bertz CT molecular complexity index is 3000. The molecular formula is C52H56FN13O5. The lowest BCUT2D eigenvalue weighted by molar-refractivity contribution is -0.139. The maximum Gasteiger partial charge on any atom is 0.249 e. The Morgan fingerprint density at radius 3 is 2.32 bits per heavy atom. The quantitative estimate of drug-likeness (QED) is 0.102. The first-order valence-corrected chi connectivity index (χ1v) is 24.5. The zero-order valence-electron chi connectivity index (χ0n) is 39.6. The number of piperidine rings is 4. The van der Waals surface area contributed by atoms with Crippen LogP contribution >= 0.6 is 0 Å². The zero-order valence-corrected chi connectivity index (χ0v) is 39.6. The van der Waals surface area contributed by atoms with E-state index in [0.717, 1.165) is 29.1 Å². The van der Waals surface area contributed by atoms with Crippen molar-refractivity contribution in [2.45, 2.75) is 88.8 Å². The van der Waals surface area contributed by atoms with E-state index in [-0.39, 0.29) is 36.6 Å². The SMILES string of the molecule is CCC1(C(=O)Nc2ccccc2)CCN(c2ccc(-c3nc(-c4cnn(C5CCN(C(=O)CC6(O)CCN(c7ccc(NC8CCC(=O)NC8=O)cc7F)CC6)CC5)c4)cn4ncc(C#N)c34)cn2)CC1. The van der Waals surface area contributed by atoms with Gasteiger partial charge in [0, 0.05) is 80.6 Å². The minimum absolute atomic E-state index is 0.0160. The third-order valence-corrected chi connectivity index (χ3v) is 15.0. The summed E-state index contributed by atoms with van der Waals surface area (Å²) in [6, 6.07) is 19.8. The van der Waals surface area contributed by atoms with Crippen molar-refractivity contribution >= 4 is 52.0 Å². The van der Waals surface area contributed by atoms with Crippen molar-refractivity contribution in [1.82, 2.24) is 39.6 Å². The first-order valence-electron chi connectivity index (χ1n) is 24.5. The van der Waals surface area contributed by atoms with Gasteiger partial charge in [0.2, 0.25) is 23.6 Å². The molecule has 1 atom stereocenters. The molecule has 0 radical (unpaired) electrons. The van der Waals surface area contributed by atoms with E-state index in [9.17, 15) is 29.5 Å². The lowest BCUT2D eigenvalue weighted by Crippen LogP contribution is -2.49. The number of imide groups is 1. The molecule has 0 saturated carbocycles. The van der Waals surface area contributed by atoms with Gasteiger partial charge in [-0.05, 0) is 93.8 Å². The van der Waals surface area contributed by atoms with Crippen molar-refractivity contribution in [2.24, 2.45) is 5.41 Å². The topological polar surface area (TPSA) is 219 Å². The molecule has 8 heterocycles. The number of para-hydroxylation sites is 1. The van der Waals surface area contributed by atoms with Gasteiger partial charge in [-0.2, -0.15) is 15.5 Å². The average Bonchev–Trinajstić information content (AvgIpc) is 4.06. The van der Waals surface area contributed by atoms with E-state index < -0.39 is 28.8 Å². The number of hydrogen-bond acceptors (Lipinski definition) is 13. The lowest BCUT2D eigenvalue weighted by atomic mass is 9.75. The number of likely N-dealkylation sites (tertiary alicyclic amines) is 1. The Kier molecular flexibility index (Phi) is 13.0. The molecule has 4 fully saturated rings. The van der Waals surface area contributed by atoms with Crippen LogP contribution in [0.25, 0.3) is 28.0 Å². The van der Waals surface area contributed by atoms with E-state index in [0.29, 0.717) is 118 Å². The van der Waals surface area contributed by atoms with Gasteiger partial charge in [-0.25, -0.2) is 18.9 Å². The Morgan fingerprint density at radius 2 is 1.63 bits per heavy atom. The van der Waals surface area contributed by atoms with Crippen LogP contribution in [0.4, 0.5) is 27.3 Å². The van der Waals surface area contributed by atoms with Gasteiger partial charge in [0.05, 0.1) is 59.1 Å². The highest BCUT2D eigenvalue weighted by Gasteiger charge is 2.41. The van der Waals surface area contributed by atoms with Crippen LogP contribution in [0.1, 0.15) is 82.7 Å². The first kappa shape index (κ1) is 47.0. The molecule has 4 N–H and O–H groups in total. The summed E-state index contributed by atoms with van der Waals surface area (Å²) in [5, 5.41) is 39.2. The predicted octanol–water partition coefficient (Wildman–Crippen LogP) is 6.10. The summed E-state index contributed by atoms with van der Waals surface area (Å²) in [4.78, 5) is 66.5. The molecular weight excluding hydrogens is 906 g/mol. The van der Waals surface area contributed by atoms with Gasteiger partial charge >= 0.3 is 0 Å². The second-order valence-corrected chi connectivity index (χ2v) is 19.3. The van der Waals surface area contributed by atoms with Gasteiger partial charge in [-0.15, -0.1) is 0 Å². The Labute approximate surface area is 409 Å². The molecule has 71 heavy (non-hydrogen) atoms. The molecule has 18 nitrogen and oxygen atoms in total. The van der Waals surface area contributed by atoms with Crippen LogP contribution in [0.2, 0.25) is 0 Å². The highest BCUT2D eigenvalue weighted by atomic mass is 19.1. The molecule has 4 saturated heterocycles. The zero-order chi connectivity index (χ0) is 49.3. The van der Waals surface area contributed by atoms with Crippen LogP contribution in [0.3, 0.4) is 0 Å². The number of anilines is 4. The van der Waals surface area contributed by atoms with E-state index in [1.807, 2.05) is 58.2 Å². The Balaban J connectivity index is 0.742. The number of hydrogen-bond donors (Lipinski definition) is 4. The van der Waals surface area contributed by atoms with E-state index in [4.69, 9.17) is 15.1 Å². The highest BCUT2D eigenvalue weighted by Crippen LogP contribution is 2.39. The number of carbonyl (C=O) groups is 4. The van der Waals surface area contributed by atoms with Gasteiger partial charge in [-0.3, -0.25) is 29.2 Å². The van der Waals surface area contributed by atoms with Gasteiger partial charge in [-0.1, -0.05) is 25.1 Å². The minimum Gasteiger partial charge on any atom is -0.389 e. The third-order valence-electron chi connectivity index (χ3n) is 15.0. The fourth-order valence-electron chi connectivity index (χ4n) is 10.5. The van der Waals surface area contributed by atoms with Gasteiger partial charge in [0.25, 0.3) is 0 Å². The Morgan fingerprint density at radius 1 is 0.873 bits per heavy atom. The van der Waals surface area contributed by atoms with Gasteiger partial charge in [0.1, 0.15) is 34.8 Å². The summed E-state index contributed by atoms with van der Waals surface area (Å²) < 4.78 is 18.9. The van der Waals surface area contributed by atoms with Crippen molar-refractivity contribution in [2.75, 3.05) is 59.7 Å². The van der Waals surface area contributed by atoms with Crippen molar-refractivity contribution in [3.63, 3.8) is 0 Å². The lowest BCUT2D eigenvalue weighted by Gasteiger charge is -2.40. The van der Waals surface area contributed by atoms with Gasteiger partial charge in [0.15, 0.2) is 0 Å². The summed E-state index contributed by atoms with van der Waals surface area (Å²) in [5.74, 6) is -0.480. The molecule has 4 aromatic heterocycles. The summed E-state index contributed by atoms with van der Waals surface area (Å²) in [7, 11) is 0. The van der Waals surface area contributed by atoms with Crippen molar-refractivity contribution in [3.05, 3.63) is 103 Å². The number of aromatic nitrogens is 6. The second kappa shape index (κ2) is 19.6. The van der Waals surface area contributed by atoms with E-state index >= 15 is 4.39 Å². The molecule has 10 rings (SSSR count). The van der Waals surface area contributed by atoms with E-state index in [1.165, 1.54) is 12.3 Å². The number of amides is 4. The van der Waals surface area contributed by atoms with Crippen molar-refractivity contribution < 1.29 is 28.7 Å². The summed E-state index contributed by atoms with van der Waals surface area (Å²) >= 11 is 0. The maximum atomic E-state index is 15.3. The molecule has 1 unspecified atom stereocenters. The fraction of sp³-hybridized carbons (Fsp3) is 0.404. The van der Waals surface area contributed by atoms with Crippen LogP contribution in [0, 0.1) is 22.6 Å². The smallest absolute Gasteiger partial charge is 0.249 e. The van der Waals surface area contributed by atoms with E-state index in [1.54, 1.807) is 40.1 Å².